The van der Waals surface area contributed by atoms with Crippen LogP contribution < -0.4 is 5.32 Å². The van der Waals surface area contributed by atoms with Crippen molar-refractivity contribution in [2.45, 2.75) is 63.7 Å². The summed E-state index contributed by atoms with van der Waals surface area (Å²) in [7, 11) is 0. The molecule has 0 aromatic rings. The quantitative estimate of drug-likeness (QED) is 0.676. The standard InChI is InChI=1S/C14H27NS/c1-4-15-13(10-12(2)3)11-16-14-8-6-5-7-9-14/h13-15H,2,4-11H2,1,3H3. The van der Waals surface area contributed by atoms with E-state index in [0.29, 0.717) is 6.04 Å². The van der Waals surface area contributed by atoms with Crippen LogP contribution in [0.1, 0.15) is 52.4 Å². The summed E-state index contributed by atoms with van der Waals surface area (Å²) in [4.78, 5) is 0. The van der Waals surface area contributed by atoms with Gasteiger partial charge in [-0.3, -0.25) is 0 Å². The van der Waals surface area contributed by atoms with E-state index < -0.39 is 0 Å². The zero-order valence-electron chi connectivity index (χ0n) is 10.9. The highest BCUT2D eigenvalue weighted by molar-refractivity contribution is 7.99. The van der Waals surface area contributed by atoms with Crippen LogP contribution >= 0.6 is 11.8 Å². The molecule has 0 heterocycles. The third-order valence-corrected chi connectivity index (χ3v) is 4.71. The number of rotatable bonds is 7. The molecule has 1 N–H and O–H groups in total. The Morgan fingerprint density at radius 2 is 2.06 bits per heavy atom. The monoisotopic (exact) mass is 241 g/mol. The van der Waals surface area contributed by atoms with Crippen LogP contribution in [-0.4, -0.2) is 23.6 Å². The number of hydrogen-bond acceptors (Lipinski definition) is 2. The first-order valence-corrected chi connectivity index (χ1v) is 7.76. The maximum atomic E-state index is 4.02. The molecular formula is C14H27NS. The molecule has 1 unspecified atom stereocenters. The second kappa shape index (κ2) is 8.19. The van der Waals surface area contributed by atoms with Crippen molar-refractivity contribution in [1.29, 1.82) is 0 Å². The molecule has 0 spiro atoms. The summed E-state index contributed by atoms with van der Waals surface area (Å²) < 4.78 is 0. The van der Waals surface area contributed by atoms with E-state index in [1.54, 1.807) is 0 Å². The van der Waals surface area contributed by atoms with Gasteiger partial charge in [-0.1, -0.05) is 31.8 Å². The van der Waals surface area contributed by atoms with Gasteiger partial charge >= 0.3 is 0 Å². The molecule has 1 aliphatic carbocycles. The van der Waals surface area contributed by atoms with Crippen LogP contribution in [0.2, 0.25) is 0 Å². The molecule has 0 aliphatic heterocycles. The molecule has 1 rings (SSSR count). The number of nitrogens with one attached hydrogen (secondary N) is 1. The van der Waals surface area contributed by atoms with Gasteiger partial charge in [-0.2, -0.15) is 11.8 Å². The Bertz CT molecular complexity index is 197. The Morgan fingerprint density at radius 3 is 2.62 bits per heavy atom. The van der Waals surface area contributed by atoms with Gasteiger partial charge < -0.3 is 5.32 Å². The Kier molecular flexibility index (Phi) is 7.22. The van der Waals surface area contributed by atoms with Crippen molar-refractivity contribution in [1.82, 2.24) is 5.32 Å². The minimum atomic E-state index is 0.634. The highest BCUT2D eigenvalue weighted by Gasteiger charge is 2.16. The lowest BCUT2D eigenvalue weighted by Crippen LogP contribution is -2.32. The molecule has 0 aromatic heterocycles. The van der Waals surface area contributed by atoms with Crippen LogP contribution in [0.3, 0.4) is 0 Å². The summed E-state index contributed by atoms with van der Waals surface area (Å²) in [6.07, 6.45) is 8.37. The molecule has 0 aromatic carbocycles. The zero-order chi connectivity index (χ0) is 11.8. The summed E-state index contributed by atoms with van der Waals surface area (Å²) in [5, 5.41) is 4.50. The lowest BCUT2D eigenvalue weighted by molar-refractivity contribution is 0.513. The zero-order valence-corrected chi connectivity index (χ0v) is 11.7. The average molecular weight is 241 g/mol. The van der Waals surface area contributed by atoms with Crippen LogP contribution in [0.5, 0.6) is 0 Å². The lowest BCUT2D eigenvalue weighted by Gasteiger charge is -2.24. The highest BCUT2D eigenvalue weighted by Crippen LogP contribution is 2.29. The summed E-state index contributed by atoms with van der Waals surface area (Å²) in [6.45, 7) is 9.42. The fourth-order valence-corrected chi connectivity index (χ4v) is 3.79. The van der Waals surface area contributed by atoms with E-state index in [9.17, 15) is 0 Å². The van der Waals surface area contributed by atoms with Gasteiger partial charge in [0.1, 0.15) is 0 Å². The van der Waals surface area contributed by atoms with Crippen molar-refractivity contribution in [3.05, 3.63) is 12.2 Å². The Hall–Kier alpha value is 0.0500. The second-order valence-electron chi connectivity index (χ2n) is 5.01. The maximum absolute atomic E-state index is 4.02. The smallest absolute Gasteiger partial charge is 0.0195 e. The molecule has 1 nitrogen and oxygen atoms in total. The first-order valence-electron chi connectivity index (χ1n) is 6.71. The molecule has 16 heavy (non-hydrogen) atoms. The minimum absolute atomic E-state index is 0.634. The van der Waals surface area contributed by atoms with Gasteiger partial charge in [0.05, 0.1) is 0 Å². The summed E-state index contributed by atoms with van der Waals surface area (Å²) in [5.74, 6) is 1.26. The van der Waals surface area contributed by atoms with Gasteiger partial charge in [-0.25, -0.2) is 0 Å². The van der Waals surface area contributed by atoms with Crippen LogP contribution in [0.15, 0.2) is 12.2 Å². The third kappa shape index (κ3) is 5.95. The van der Waals surface area contributed by atoms with E-state index in [0.717, 1.165) is 18.2 Å². The van der Waals surface area contributed by atoms with E-state index in [4.69, 9.17) is 0 Å². The van der Waals surface area contributed by atoms with Gasteiger partial charge in [0.2, 0.25) is 0 Å². The molecular weight excluding hydrogens is 214 g/mol. The van der Waals surface area contributed by atoms with Crippen molar-refractivity contribution in [3.63, 3.8) is 0 Å². The topological polar surface area (TPSA) is 12.0 Å². The largest absolute Gasteiger partial charge is 0.313 e. The minimum Gasteiger partial charge on any atom is -0.313 e. The van der Waals surface area contributed by atoms with Gasteiger partial charge in [0.15, 0.2) is 0 Å². The van der Waals surface area contributed by atoms with E-state index in [1.165, 1.54) is 43.4 Å². The third-order valence-electron chi connectivity index (χ3n) is 3.17. The Balaban J connectivity index is 2.21. The van der Waals surface area contributed by atoms with Gasteiger partial charge in [0.25, 0.3) is 0 Å². The summed E-state index contributed by atoms with van der Waals surface area (Å²) in [5.41, 5.74) is 1.30. The molecule has 0 bridgehead atoms. The van der Waals surface area contributed by atoms with Crippen molar-refractivity contribution in [2.75, 3.05) is 12.3 Å². The molecule has 1 atom stereocenters. The SMILES string of the molecule is C=C(C)CC(CSC1CCCCC1)NCC. The lowest BCUT2D eigenvalue weighted by atomic mass is 10.0. The molecule has 1 aliphatic rings. The molecule has 1 fully saturated rings. The highest BCUT2D eigenvalue weighted by atomic mass is 32.2. The van der Waals surface area contributed by atoms with Gasteiger partial charge in [-0.05, 0) is 32.7 Å². The van der Waals surface area contributed by atoms with E-state index in [2.05, 4.69) is 37.5 Å². The first kappa shape index (κ1) is 14.1. The van der Waals surface area contributed by atoms with E-state index >= 15 is 0 Å². The number of thioether (sulfide) groups is 1. The maximum Gasteiger partial charge on any atom is 0.0195 e. The molecule has 2 heteroatoms. The summed E-state index contributed by atoms with van der Waals surface area (Å²) in [6, 6.07) is 0.634. The summed E-state index contributed by atoms with van der Waals surface area (Å²) >= 11 is 2.18. The Labute approximate surface area is 105 Å². The van der Waals surface area contributed by atoms with E-state index in [-0.39, 0.29) is 0 Å². The molecule has 0 radical (unpaired) electrons. The van der Waals surface area contributed by atoms with Crippen molar-refractivity contribution < 1.29 is 0 Å². The second-order valence-corrected chi connectivity index (χ2v) is 6.34. The van der Waals surface area contributed by atoms with Crippen molar-refractivity contribution in [2.24, 2.45) is 0 Å². The average Bonchev–Trinajstić information content (AvgIpc) is 2.27. The van der Waals surface area contributed by atoms with Crippen molar-refractivity contribution in [3.8, 4) is 0 Å². The fourth-order valence-electron chi connectivity index (χ4n) is 2.38. The molecule has 0 amide bonds. The molecule has 1 saturated carbocycles. The van der Waals surface area contributed by atoms with Crippen LogP contribution in [0.25, 0.3) is 0 Å². The predicted molar refractivity (Wildman–Crippen MR) is 76.2 cm³/mol. The van der Waals surface area contributed by atoms with Crippen LogP contribution in [0.4, 0.5) is 0 Å². The normalized spacial score (nSPS) is 19.6. The first-order chi connectivity index (χ1) is 7.72. The van der Waals surface area contributed by atoms with Gasteiger partial charge in [-0.15, -0.1) is 6.58 Å². The van der Waals surface area contributed by atoms with E-state index in [1.807, 2.05) is 0 Å². The van der Waals surface area contributed by atoms with Crippen LogP contribution in [-0.2, 0) is 0 Å². The van der Waals surface area contributed by atoms with Crippen LogP contribution in [0, 0.1) is 0 Å². The Morgan fingerprint density at radius 1 is 1.38 bits per heavy atom. The van der Waals surface area contributed by atoms with Crippen molar-refractivity contribution >= 4 is 11.8 Å². The molecule has 0 saturated heterocycles. The molecule has 94 valence electrons. The number of hydrogen-bond donors (Lipinski definition) is 1. The van der Waals surface area contributed by atoms with Gasteiger partial charge in [0, 0.05) is 17.0 Å². The fraction of sp³-hybridized carbons (Fsp3) is 0.857. The predicted octanol–water partition coefficient (Wildman–Crippen LogP) is 4.00.